The number of carboxylic acids is 1. The first kappa shape index (κ1) is 25.0. The first-order chi connectivity index (χ1) is 16.1. The molecule has 0 bridgehead atoms. The van der Waals surface area contributed by atoms with Crippen molar-refractivity contribution in [1.29, 1.82) is 0 Å². The Balaban J connectivity index is 1.41. The highest BCUT2D eigenvalue weighted by molar-refractivity contribution is 8.03. The van der Waals surface area contributed by atoms with Crippen molar-refractivity contribution in [2.75, 3.05) is 26.2 Å². The number of aliphatic hydroxyl groups is 2. The average molecular weight is 498 g/mol. The van der Waals surface area contributed by atoms with Crippen molar-refractivity contribution in [3.05, 3.63) is 10.6 Å². The van der Waals surface area contributed by atoms with Crippen molar-refractivity contribution in [2.24, 2.45) is 17.8 Å². The maximum Gasteiger partial charge on any atom is 0.353 e. The van der Waals surface area contributed by atoms with E-state index in [9.17, 15) is 34.5 Å². The molecule has 188 valence electrons. The Morgan fingerprint density at radius 2 is 2.00 bits per heavy atom. The molecular weight excluding hydrogens is 466 g/mol. The number of thioether (sulfide) groups is 1. The first-order valence-corrected chi connectivity index (χ1v) is 12.5. The molecule has 0 aliphatic carbocycles. The van der Waals surface area contributed by atoms with E-state index in [1.165, 1.54) is 28.5 Å². The molecule has 3 saturated heterocycles. The van der Waals surface area contributed by atoms with Crippen LogP contribution in [0.5, 0.6) is 0 Å². The van der Waals surface area contributed by atoms with Crippen molar-refractivity contribution >= 4 is 35.5 Å². The number of fused-ring (bicyclic) bond motifs is 1. The number of carbonyl (C=O) groups is 4. The van der Waals surface area contributed by atoms with E-state index in [0.717, 1.165) is 0 Å². The summed E-state index contributed by atoms with van der Waals surface area (Å²) in [6, 6.07) is -0.890. The number of hydrogen-bond acceptors (Lipinski definition) is 9. The van der Waals surface area contributed by atoms with E-state index in [0.29, 0.717) is 17.9 Å². The lowest BCUT2D eigenvalue weighted by atomic mass is 9.79. The number of nitrogens with one attached hydrogen (secondary N) is 1. The van der Waals surface area contributed by atoms with Gasteiger partial charge in [0.05, 0.1) is 36.8 Å². The molecule has 11 nitrogen and oxygen atoms in total. The van der Waals surface area contributed by atoms with Crippen molar-refractivity contribution in [1.82, 2.24) is 15.1 Å². The van der Waals surface area contributed by atoms with Crippen molar-refractivity contribution in [2.45, 2.75) is 56.7 Å². The van der Waals surface area contributed by atoms with Crippen LogP contribution >= 0.6 is 11.8 Å². The molecule has 4 heterocycles. The summed E-state index contributed by atoms with van der Waals surface area (Å²) in [5, 5.41) is 33.1. The lowest BCUT2D eigenvalue weighted by Gasteiger charge is -2.46. The zero-order valence-corrected chi connectivity index (χ0v) is 20.2. The summed E-state index contributed by atoms with van der Waals surface area (Å²) in [6.07, 6.45) is -1.39. The average Bonchev–Trinajstić information content (AvgIpc) is 3.44. The van der Waals surface area contributed by atoms with Gasteiger partial charge in [-0.15, -0.1) is 11.8 Å². The number of ether oxygens (including phenoxy) is 1. The molecule has 3 fully saturated rings. The predicted molar refractivity (Wildman–Crippen MR) is 120 cm³/mol. The van der Waals surface area contributed by atoms with Crippen LogP contribution in [0.3, 0.4) is 0 Å². The monoisotopic (exact) mass is 497 g/mol. The molecule has 4 aliphatic heterocycles. The third kappa shape index (κ3) is 4.10. The van der Waals surface area contributed by atoms with Gasteiger partial charge in [-0.1, -0.05) is 6.92 Å². The van der Waals surface area contributed by atoms with E-state index < -0.39 is 42.0 Å². The number of carboxylic acid groups (broad SMARTS) is 1. The van der Waals surface area contributed by atoms with E-state index in [1.54, 1.807) is 6.92 Å². The molecule has 8 atom stereocenters. The van der Waals surface area contributed by atoms with Gasteiger partial charge in [-0.3, -0.25) is 14.4 Å². The lowest BCUT2D eigenvalue weighted by Crippen LogP contribution is -2.63. The van der Waals surface area contributed by atoms with Crippen molar-refractivity contribution < 1.29 is 39.2 Å². The van der Waals surface area contributed by atoms with Gasteiger partial charge in [-0.05, 0) is 20.3 Å². The van der Waals surface area contributed by atoms with Gasteiger partial charge >= 0.3 is 11.9 Å². The van der Waals surface area contributed by atoms with Gasteiger partial charge in [0.15, 0.2) is 0 Å². The van der Waals surface area contributed by atoms with E-state index in [4.69, 9.17) is 4.74 Å². The number of esters is 1. The van der Waals surface area contributed by atoms with Gasteiger partial charge in [0.1, 0.15) is 11.6 Å². The molecular formula is C22H31N3O8S. The fourth-order valence-corrected chi connectivity index (χ4v) is 6.99. The van der Waals surface area contributed by atoms with Crippen LogP contribution in [0.4, 0.5) is 0 Å². The van der Waals surface area contributed by atoms with Crippen LogP contribution in [-0.4, -0.2) is 105 Å². The molecule has 0 aromatic heterocycles. The van der Waals surface area contributed by atoms with Crippen LogP contribution in [0, 0.1) is 17.8 Å². The highest BCUT2D eigenvalue weighted by Gasteiger charge is 2.60. The minimum atomic E-state index is -1.18. The second-order valence-electron chi connectivity index (χ2n) is 9.38. The summed E-state index contributed by atoms with van der Waals surface area (Å²) < 4.78 is 4.98. The summed E-state index contributed by atoms with van der Waals surface area (Å²) in [5.41, 5.74) is -0.0286. The molecule has 2 unspecified atom stereocenters. The Bertz CT molecular complexity index is 924. The first-order valence-electron chi connectivity index (χ1n) is 11.6. The van der Waals surface area contributed by atoms with Crippen LogP contribution in [0.15, 0.2) is 10.6 Å². The van der Waals surface area contributed by atoms with Gasteiger partial charge in [0, 0.05) is 35.7 Å². The number of aliphatic carboxylic acids is 1. The number of rotatable bonds is 7. The molecule has 0 aromatic carbocycles. The number of β-amino-alcohol motifs (C(OH)–C–C–N with tert-alkyl or cyclic N) is 1. The van der Waals surface area contributed by atoms with Gasteiger partial charge < -0.3 is 35.2 Å². The normalized spacial score (nSPS) is 35.9. The highest BCUT2D eigenvalue weighted by Crippen LogP contribution is 2.51. The van der Waals surface area contributed by atoms with E-state index in [-0.39, 0.29) is 54.4 Å². The van der Waals surface area contributed by atoms with Crippen molar-refractivity contribution in [3.63, 3.8) is 0 Å². The summed E-state index contributed by atoms with van der Waals surface area (Å²) >= 11 is 1.37. The third-order valence-corrected chi connectivity index (χ3v) is 8.69. The maximum absolute atomic E-state index is 13.0. The van der Waals surface area contributed by atoms with Crippen molar-refractivity contribution in [3.8, 4) is 0 Å². The fraction of sp³-hybridized carbons (Fsp3) is 0.727. The topological polar surface area (TPSA) is 157 Å². The Morgan fingerprint density at radius 1 is 1.29 bits per heavy atom. The van der Waals surface area contributed by atoms with E-state index in [1.807, 2.05) is 6.92 Å². The van der Waals surface area contributed by atoms with Crippen LogP contribution in [-0.2, 0) is 23.9 Å². The standard InChI is InChI=1S/C22H31N3O8S/c1-4-33-22(32)12-7-24(8-14(12)27)19(28)13-5-11(6-23-13)34-18-9(2)16-15(10(3)26)20(29)25(16)17(18)21(30)31/h9-16,23,26-27H,4-8H2,1-3H3,(H,30,31)/t9-,10-,11+,12?,13+,14?,15-,16-/m1/s1. The Morgan fingerprint density at radius 3 is 2.62 bits per heavy atom. The molecule has 4 aliphatic rings. The lowest BCUT2D eigenvalue weighted by molar-refractivity contribution is -0.163. The summed E-state index contributed by atoms with van der Waals surface area (Å²) in [6.45, 7) is 5.92. The number of carbonyl (C=O) groups excluding carboxylic acids is 3. The highest BCUT2D eigenvalue weighted by atomic mass is 32.2. The molecule has 0 aromatic rings. The number of likely N-dealkylation sites (tertiary alicyclic amines) is 1. The SMILES string of the molecule is CCOC(=O)C1CN(C(=O)[C@@H]2C[C@H](SC3=C(C(=O)O)N4C(=O)[C@H]([C@@H](C)O)[C@H]4[C@H]3C)CN2)CC1O. The van der Waals surface area contributed by atoms with Crippen LogP contribution < -0.4 is 5.32 Å². The zero-order valence-electron chi connectivity index (χ0n) is 19.3. The number of β-lactam (4-membered cyclic amide) rings is 1. The summed E-state index contributed by atoms with van der Waals surface area (Å²) in [7, 11) is 0. The minimum absolute atomic E-state index is 0.0286. The number of nitrogens with zero attached hydrogens (tertiary/aromatic N) is 2. The maximum atomic E-state index is 13.0. The molecule has 0 spiro atoms. The van der Waals surface area contributed by atoms with Gasteiger partial charge in [-0.2, -0.15) is 0 Å². The van der Waals surface area contributed by atoms with Crippen LogP contribution in [0.1, 0.15) is 27.2 Å². The largest absolute Gasteiger partial charge is 0.477 e. The Labute approximate surface area is 201 Å². The number of amides is 2. The van der Waals surface area contributed by atoms with E-state index >= 15 is 0 Å². The fourth-order valence-electron chi connectivity index (χ4n) is 5.51. The predicted octanol–water partition coefficient (Wildman–Crippen LogP) is -1.01. The van der Waals surface area contributed by atoms with E-state index in [2.05, 4.69) is 5.32 Å². The van der Waals surface area contributed by atoms with Gasteiger partial charge in [-0.25, -0.2) is 4.79 Å². The quantitative estimate of drug-likeness (QED) is 0.254. The Hall–Kier alpha value is -2.15. The number of aliphatic hydroxyl groups excluding tert-OH is 2. The second-order valence-corrected chi connectivity index (χ2v) is 10.7. The summed E-state index contributed by atoms with van der Waals surface area (Å²) in [5.74, 6) is -3.90. The molecule has 0 saturated carbocycles. The third-order valence-electron chi connectivity index (χ3n) is 7.18. The molecule has 4 N–H and O–H groups in total. The molecule has 12 heteroatoms. The molecule has 2 amide bonds. The van der Waals surface area contributed by atoms with Crippen LogP contribution in [0.25, 0.3) is 0 Å². The zero-order chi connectivity index (χ0) is 24.9. The molecule has 4 rings (SSSR count). The Kier molecular flexibility index (Phi) is 6.96. The molecule has 0 radical (unpaired) electrons. The minimum Gasteiger partial charge on any atom is -0.477 e. The smallest absolute Gasteiger partial charge is 0.353 e. The van der Waals surface area contributed by atoms with Crippen LogP contribution in [0.2, 0.25) is 0 Å². The van der Waals surface area contributed by atoms with Gasteiger partial charge in [0.2, 0.25) is 11.8 Å². The molecule has 34 heavy (non-hydrogen) atoms. The summed E-state index contributed by atoms with van der Waals surface area (Å²) in [4.78, 5) is 52.9. The number of hydrogen-bond donors (Lipinski definition) is 4. The second kappa shape index (κ2) is 9.48. The van der Waals surface area contributed by atoms with Gasteiger partial charge in [0.25, 0.3) is 0 Å².